The van der Waals surface area contributed by atoms with Gasteiger partial charge in [-0.25, -0.2) is 0 Å². The molecule has 0 aromatic heterocycles. The Morgan fingerprint density at radius 3 is 2.74 bits per heavy atom. The lowest BCUT2D eigenvalue weighted by Gasteiger charge is -2.29. The average Bonchev–Trinajstić information content (AvgIpc) is 2.95. The number of nitrogens with zero attached hydrogens (tertiary/aromatic N) is 2. The number of carbonyl (C=O) groups excluding carboxylic acids is 1. The van der Waals surface area contributed by atoms with Gasteiger partial charge in [0.2, 0.25) is 5.91 Å². The van der Waals surface area contributed by atoms with Gasteiger partial charge in [0.25, 0.3) is 0 Å². The maximum atomic E-state index is 12.2. The van der Waals surface area contributed by atoms with E-state index < -0.39 is 0 Å². The number of benzene rings is 1. The average molecular weight is 317 g/mol. The number of likely N-dealkylation sites (tertiary alicyclic amines) is 2. The highest BCUT2D eigenvalue weighted by Gasteiger charge is 2.25. The van der Waals surface area contributed by atoms with Gasteiger partial charge in [0.05, 0.1) is 12.6 Å². The molecule has 0 saturated carbocycles. The van der Waals surface area contributed by atoms with Gasteiger partial charge < -0.3 is 10.4 Å². The van der Waals surface area contributed by atoms with Crippen LogP contribution in [0.2, 0.25) is 0 Å². The Kier molecular flexibility index (Phi) is 5.65. The van der Waals surface area contributed by atoms with Crippen LogP contribution in [0.1, 0.15) is 24.8 Å². The number of amides is 1. The summed E-state index contributed by atoms with van der Waals surface area (Å²) in [5, 5.41) is 12.8. The molecular weight excluding hydrogens is 290 g/mol. The van der Waals surface area contributed by atoms with Crippen molar-refractivity contribution in [2.75, 3.05) is 32.7 Å². The molecule has 2 atom stereocenters. The van der Waals surface area contributed by atoms with Crippen molar-refractivity contribution in [1.82, 2.24) is 15.1 Å². The van der Waals surface area contributed by atoms with E-state index in [0.29, 0.717) is 13.1 Å². The quantitative estimate of drug-likeness (QED) is 0.845. The number of hydrogen-bond acceptors (Lipinski definition) is 4. The lowest BCUT2D eigenvalue weighted by atomic mass is 10.1. The van der Waals surface area contributed by atoms with E-state index in [1.54, 1.807) is 0 Å². The molecule has 2 fully saturated rings. The number of aliphatic hydroxyl groups is 1. The SMILES string of the molecule is O=C(CN1CCC[C@@H](O)C1)N[C@@H]1CCN(Cc2ccccc2)C1. The van der Waals surface area contributed by atoms with Crippen molar-refractivity contribution in [1.29, 1.82) is 0 Å². The van der Waals surface area contributed by atoms with Crippen LogP contribution in [0, 0.1) is 0 Å². The second-order valence-corrected chi connectivity index (χ2v) is 6.80. The zero-order valence-electron chi connectivity index (χ0n) is 13.7. The molecule has 5 nitrogen and oxygen atoms in total. The van der Waals surface area contributed by atoms with Crippen molar-refractivity contribution in [2.24, 2.45) is 0 Å². The molecule has 3 rings (SSSR count). The minimum Gasteiger partial charge on any atom is -0.392 e. The normalized spacial score (nSPS) is 26.3. The van der Waals surface area contributed by atoms with E-state index in [-0.39, 0.29) is 18.1 Å². The maximum Gasteiger partial charge on any atom is 0.234 e. The van der Waals surface area contributed by atoms with Gasteiger partial charge in [0.1, 0.15) is 0 Å². The number of rotatable bonds is 5. The van der Waals surface area contributed by atoms with Crippen LogP contribution in [0.25, 0.3) is 0 Å². The minimum absolute atomic E-state index is 0.0886. The molecule has 23 heavy (non-hydrogen) atoms. The molecule has 0 aliphatic carbocycles. The lowest BCUT2D eigenvalue weighted by molar-refractivity contribution is -0.123. The Labute approximate surface area is 138 Å². The van der Waals surface area contributed by atoms with E-state index in [0.717, 1.165) is 45.4 Å². The highest BCUT2D eigenvalue weighted by atomic mass is 16.3. The number of nitrogens with one attached hydrogen (secondary N) is 1. The third-order valence-corrected chi connectivity index (χ3v) is 4.73. The Morgan fingerprint density at radius 1 is 1.13 bits per heavy atom. The molecule has 1 aromatic rings. The number of piperidine rings is 1. The van der Waals surface area contributed by atoms with Crippen LogP contribution in [0.15, 0.2) is 30.3 Å². The molecular formula is C18H27N3O2. The van der Waals surface area contributed by atoms with Crippen LogP contribution in [0.3, 0.4) is 0 Å². The summed E-state index contributed by atoms with van der Waals surface area (Å²) in [6.07, 6.45) is 2.57. The molecule has 0 spiro atoms. The molecule has 0 bridgehead atoms. The van der Waals surface area contributed by atoms with Crippen LogP contribution in [-0.2, 0) is 11.3 Å². The second-order valence-electron chi connectivity index (χ2n) is 6.80. The summed E-state index contributed by atoms with van der Waals surface area (Å²) in [5.74, 6) is 0.0886. The summed E-state index contributed by atoms with van der Waals surface area (Å²) in [6.45, 7) is 4.84. The van der Waals surface area contributed by atoms with Crippen LogP contribution in [-0.4, -0.2) is 65.7 Å². The molecule has 1 amide bonds. The molecule has 0 unspecified atom stereocenters. The van der Waals surface area contributed by atoms with Gasteiger partial charge in [-0.2, -0.15) is 0 Å². The number of β-amino-alcohol motifs (C(OH)–C–C–N with tert-alkyl or cyclic N) is 1. The highest BCUT2D eigenvalue weighted by molar-refractivity contribution is 5.78. The van der Waals surface area contributed by atoms with Crippen molar-refractivity contribution in [3.8, 4) is 0 Å². The smallest absolute Gasteiger partial charge is 0.234 e. The van der Waals surface area contributed by atoms with Crippen molar-refractivity contribution >= 4 is 5.91 Å². The predicted octanol–water partition coefficient (Wildman–Crippen LogP) is 0.834. The van der Waals surface area contributed by atoms with E-state index in [1.165, 1.54) is 5.56 Å². The summed E-state index contributed by atoms with van der Waals surface area (Å²) in [4.78, 5) is 16.6. The Bertz CT molecular complexity index is 508. The fourth-order valence-corrected chi connectivity index (χ4v) is 3.59. The predicted molar refractivity (Wildman–Crippen MR) is 89.9 cm³/mol. The van der Waals surface area contributed by atoms with E-state index in [2.05, 4.69) is 39.4 Å². The van der Waals surface area contributed by atoms with E-state index in [9.17, 15) is 9.90 Å². The zero-order valence-corrected chi connectivity index (χ0v) is 13.7. The minimum atomic E-state index is -0.274. The summed E-state index contributed by atoms with van der Waals surface area (Å²) >= 11 is 0. The Morgan fingerprint density at radius 2 is 1.96 bits per heavy atom. The van der Waals surface area contributed by atoms with Gasteiger partial charge in [-0.1, -0.05) is 30.3 Å². The summed E-state index contributed by atoms with van der Waals surface area (Å²) in [5.41, 5.74) is 1.32. The van der Waals surface area contributed by atoms with Crippen LogP contribution >= 0.6 is 0 Å². The third kappa shape index (κ3) is 5.03. The van der Waals surface area contributed by atoms with Crippen LogP contribution < -0.4 is 5.32 Å². The molecule has 2 N–H and O–H groups in total. The van der Waals surface area contributed by atoms with Gasteiger partial charge in [-0.15, -0.1) is 0 Å². The van der Waals surface area contributed by atoms with Gasteiger partial charge in [-0.05, 0) is 31.4 Å². The topological polar surface area (TPSA) is 55.8 Å². The largest absolute Gasteiger partial charge is 0.392 e. The Balaban J connectivity index is 1.40. The lowest BCUT2D eigenvalue weighted by Crippen LogP contribution is -2.47. The number of hydrogen-bond donors (Lipinski definition) is 2. The van der Waals surface area contributed by atoms with Gasteiger partial charge in [0.15, 0.2) is 0 Å². The van der Waals surface area contributed by atoms with Crippen molar-refractivity contribution < 1.29 is 9.90 Å². The second kappa shape index (κ2) is 7.90. The molecule has 0 radical (unpaired) electrons. The fraction of sp³-hybridized carbons (Fsp3) is 0.611. The van der Waals surface area contributed by atoms with Crippen molar-refractivity contribution in [2.45, 2.75) is 38.0 Å². The van der Waals surface area contributed by atoms with E-state index >= 15 is 0 Å². The first kappa shape index (κ1) is 16.4. The van der Waals surface area contributed by atoms with Crippen molar-refractivity contribution in [3.63, 3.8) is 0 Å². The van der Waals surface area contributed by atoms with Gasteiger partial charge in [-0.3, -0.25) is 14.6 Å². The third-order valence-electron chi connectivity index (χ3n) is 4.73. The standard InChI is InChI=1S/C18H27N3O2/c22-17-7-4-9-20(13-17)14-18(23)19-16-8-10-21(12-16)11-15-5-2-1-3-6-15/h1-3,5-6,16-17,22H,4,7-14H2,(H,19,23)/t16-,17-/m1/s1. The molecule has 1 aromatic carbocycles. The molecule has 5 heteroatoms. The summed E-state index contributed by atoms with van der Waals surface area (Å²) < 4.78 is 0. The highest BCUT2D eigenvalue weighted by Crippen LogP contribution is 2.14. The maximum absolute atomic E-state index is 12.2. The molecule has 2 aliphatic heterocycles. The van der Waals surface area contributed by atoms with Gasteiger partial charge in [0, 0.05) is 32.2 Å². The van der Waals surface area contributed by atoms with Crippen LogP contribution in [0.5, 0.6) is 0 Å². The molecule has 2 heterocycles. The summed E-state index contributed by atoms with van der Waals surface area (Å²) in [7, 11) is 0. The monoisotopic (exact) mass is 317 g/mol. The first-order valence-electron chi connectivity index (χ1n) is 8.65. The Hall–Kier alpha value is -1.43. The van der Waals surface area contributed by atoms with Gasteiger partial charge >= 0.3 is 0 Å². The molecule has 2 saturated heterocycles. The van der Waals surface area contributed by atoms with E-state index in [1.807, 2.05) is 6.07 Å². The summed E-state index contributed by atoms with van der Waals surface area (Å²) in [6, 6.07) is 10.7. The fourth-order valence-electron chi connectivity index (χ4n) is 3.59. The molecule has 126 valence electrons. The zero-order chi connectivity index (χ0) is 16.1. The number of aliphatic hydroxyl groups excluding tert-OH is 1. The van der Waals surface area contributed by atoms with Crippen LogP contribution in [0.4, 0.5) is 0 Å². The van der Waals surface area contributed by atoms with Crippen molar-refractivity contribution in [3.05, 3.63) is 35.9 Å². The first-order chi connectivity index (χ1) is 11.2. The number of carbonyl (C=O) groups is 1. The van der Waals surface area contributed by atoms with E-state index in [4.69, 9.17) is 0 Å². The molecule has 2 aliphatic rings. The first-order valence-corrected chi connectivity index (χ1v) is 8.65.